The summed E-state index contributed by atoms with van der Waals surface area (Å²) in [7, 11) is 0. The van der Waals surface area contributed by atoms with Crippen LogP contribution in [-0.2, 0) is 4.74 Å². The number of hydrogen-bond acceptors (Lipinski definition) is 3. The van der Waals surface area contributed by atoms with Crippen LogP contribution in [0, 0.1) is 16.7 Å². The van der Waals surface area contributed by atoms with Gasteiger partial charge in [0.2, 0.25) is 0 Å². The Bertz CT molecular complexity index is 244. The van der Waals surface area contributed by atoms with Crippen LogP contribution < -0.4 is 0 Å². The van der Waals surface area contributed by atoms with Crippen molar-refractivity contribution in [2.75, 3.05) is 0 Å². The molecule has 0 bridgehead atoms. The van der Waals surface area contributed by atoms with Gasteiger partial charge in [0.15, 0.2) is 0 Å². The molecule has 1 heterocycles. The Morgan fingerprint density at radius 2 is 2.08 bits per heavy atom. The number of nitrogens with zero attached hydrogens (tertiary/aromatic N) is 1. The van der Waals surface area contributed by atoms with E-state index in [9.17, 15) is 5.11 Å². The lowest BCUT2D eigenvalue weighted by Crippen LogP contribution is -2.49. The third-order valence-corrected chi connectivity index (χ3v) is 3.07. The summed E-state index contributed by atoms with van der Waals surface area (Å²) >= 11 is 0. The van der Waals surface area contributed by atoms with E-state index in [1.165, 1.54) is 0 Å². The van der Waals surface area contributed by atoms with Crippen molar-refractivity contribution >= 4 is 0 Å². The molecule has 1 saturated heterocycles. The molecular weight excluding hydrogens is 166 g/mol. The minimum atomic E-state index is -1.01. The molecule has 1 fully saturated rings. The molecule has 1 aliphatic heterocycles. The molecule has 3 heteroatoms. The van der Waals surface area contributed by atoms with Crippen molar-refractivity contribution in [3.63, 3.8) is 0 Å². The minimum Gasteiger partial charge on any atom is -0.385 e. The molecule has 0 aromatic carbocycles. The maximum atomic E-state index is 10.3. The number of aliphatic hydroxyl groups is 1. The average molecular weight is 183 g/mol. The van der Waals surface area contributed by atoms with Crippen molar-refractivity contribution in [2.45, 2.75) is 51.9 Å². The van der Waals surface area contributed by atoms with Gasteiger partial charge in [-0.05, 0) is 27.7 Å². The fourth-order valence-electron chi connectivity index (χ4n) is 1.97. The molecule has 3 unspecified atom stereocenters. The fourth-order valence-corrected chi connectivity index (χ4v) is 1.97. The van der Waals surface area contributed by atoms with Gasteiger partial charge < -0.3 is 9.84 Å². The number of hydrogen-bond donors (Lipinski definition) is 1. The van der Waals surface area contributed by atoms with E-state index in [1.807, 2.05) is 13.8 Å². The maximum absolute atomic E-state index is 10.3. The van der Waals surface area contributed by atoms with E-state index < -0.39 is 11.0 Å². The number of ether oxygens (including phenoxy) is 1. The molecule has 1 rings (SSSR count). The summed E-state index contributed by atoms with van der Waals surface area (Å²) in [5.74, 6) is 0. The summed E-state index contributed by atoms with van der Waals surface area (Å²) in [5.41, 5.74) is -1.77. The van der Waals surface area contributed by atoms with Crippen LogP contribution in [0.3, 0.4) is 0 Å². The van der Waals surface area contributed by atoms with Gasteiger partial charge in [-0.2, -0.15) is 5.26 Å². The molecule has 1 aliphatic rings. The van der Waals surface area contributed by atoms with E-state index in [0.717, 1.165) is 0 Å². The molecule has 0 aromatic heterocycles. The Balaban J connectivity index is 2.96. The molecule has 13 heavy (non-hydrogen) atoms. The lowest BCUT2D eigenvalue weighted by molar-refractivity contribution is -0.0874. The largest absolute Gasteiger partial charge is 0.385 e. The van der Waals surface area contributed by atoms with Gasteiger partial charge in [-0.3, -0.25) is 0 Å². The molecule has 0 spiro atoms. The van der Waals surface area contributed by atoms with Crippen LogP contribution >= 0.6 is 0 Å². The first-order chi connectivity index (χ1) is 5.83. The smallest absolute Gasteiger partial charge is 0.111 e. The zero-order valence-corrected chi connectivity index (χ0v) is 8.66. The second-order valence-electron chi connectivity index (χ2n) is 4.45. The van der Waals surface area contributed by atoms with Gasteiger partial charge in [0.25, 0.3) is 0 Å². The summed E-state index contributed by atoms with van der Waals surface area (Å²) in [5, 5.41) is 19.3. The van der Waals surface area contributed by atoms with Crippen LogP contribution in [0.25, 0.3) is 0 Å². The summed E-state index contributed by atoms with van der Waals surface area (Å²) in [6, 6.07) is 2.14. The topological polar surface area (TPSA) is 53.2 Å². The molecule has 0 radical (unpaired) electrons. The first-order valence-corrected chi connectivity index (χ1v) is 4.62. The van der Waals surface area contributed by atoms with Gasteiger partial charge in [-0.25, -0.2) is 0 Å². The maximum Gasteiger partial charge on any atom is 0.111 e. The standard InChI is InChI=1S/C10H17NO2/c1-7-5-10(12,8(2)13-7)9(3,4)6-11/h7-8,12H,5H2,1-4H3. The third-order valence-electron chi connectivity index (χ3n) is 3.07. The SMILES string of the molecule is CC1CC(O)(C(C)(C)C#N)C(C)O1. The van der Waals surface area contributed by atoms with Crippen molar-refractivity contribution in [1.82, 2.24) is 0 Å². The Hall–Kier alpha value is -0.590. The highest BCUT2D eigenvalue weighted by Gasteiger charge is 2.53. The second-order valence-corrected chi connectivity index (χ2v) is 4.45. The van der Waals surface area contributed by atoms with Crippen molar-refractivity contribution in [2.24, 2.45) is 5.41 Å². The van der Waals surface area contributed by atoms with Crippen LogP contribution in [-0.4, -0.2) is 22.9 Å². The lowest BCUT2D eigenvalue weighted by Gasteiger charge is -2.36. The van der Waals surface area contributed by atoms with Crippen LogP contribution in [0.2, 0.25) is 0 Å². The van der Waals surface area contributed by atoms with Crippen LogP contribution in [0.5, 0.6) is 0 Å². The Labute approximate surface area is 79.3 Å². The Morgan fingerprint density at radius 3 is 2.38 bits per heavy atom. The summed E-state index contributed by atoms with van der Waals surface area (Å²) in [6.07, 6.45) is 0.305. The third kappa shape index (κ3) is 1.45. The van der Waals surface area contributed by atoms with Crippen LogP contribution in [0.15, 0.2) is 0 Å². The molecule has 0 aliphatic carbocycles. The highest BCUT2D eigenvalue weighted by molar-refractivity contribution is 5.12. The van der Waals surface area contributed by atoms with Crippen LogP contribution in [0.1, 0.15) is 34.1 Å². The van der Waals surface area contributed by atoms with E-state index in [1.54, 1.807) is 13.8 Å². The Morgan fingerprint density at radius 1 is 1.54 bits per heavy atom. The predicted molar refractivity (Wildman–Crippen MR) is 49.0 cm³/mol. The fraction of sp³-hybridized carbons (Fsp3) is 0.900. The van der Waals surface area contributed by atoms with Gasteiger partial charge in [0.1, 0.15) is 5.60 Å². The highest BCUT2D eigenvalue weighted by atomic mass is 16.5. The minimum absolute atomic E-state index is 0.0348. The number of rotatable bonds is 1. The van der Waals surface area contributed by atoms with E-state index in [4.69, 9.17) is 10.00 Å². The number of nitriles is 1. The second kappa shape index (κ2) is 2.97. The quantitative estimate of drug-likeness (QED) is 0.669. The summed E-state index contributed by atoms with van der Waals surface area (Å²) in [6.45, 7) is 7.25. The monoisotopic (exact) mass is 183 g/mol. The van der Waals surface area contributed by atoms with E-state index >= 15 is 0 Å². The van der Waals surface area contributed by atoms with E-state index in [2.05, 4.69) is 6.07 Å². The normalized spacial score (nSPS) is 40.3. The molecule has 0 amide bonds. The van der Waals surface area contributed by atoms with Crippen molar-refractivity contribution in [3.05, 3.63) is 0 Å². The Kier molecular flexibility index (Phi) is 2.40. The van der Waals surface area contributed by atoms with Crippen molar-refractivity contribution < 1.29 is 9.84 Å². The zero-order valence-electron chi connectivity index (χ0n) is 8.66. The van der Waals surface area contributed by atoms with E-state index in [-0.39, 0.29) is 12.2 Å². The zero-order chi connectivity index (χ0) is 10.3. The molecule has 74 valence electrons. The molecular formula is C10H17NO2. The van der Waals surface area contributed by atoms with Crippen molar-refractivity contribution in [3.8, 4) is 6.07 Å². The first-order valence-electron chi connectivity index (χ1n) is 4.62. The molecule has 3 atom stereocenters. The molecule has 0 saturated carbocycles. The van der Waals surface area contributed by atoms with Gasteiger partial charge in [-0.15, -0.1) is 0 Å². The van der Waals surface area contributed by atoms with Gasteiger partial charge >= 0.3 is 0 Å². The molecule has 1 N–H and O–H groups in total. The highest BCUT2D eigenvalue weighted by Crippen LogP contribution is 2.43. The van der Waals surface area contributed by atoms with E-state index in [0.29, 0.717) is 6.42 Å². The summed E-state index contributed by atoms with van der Waals surface area (Å²) < 4.78 is 5.46. The lowest BCUT2D eigenvalue weighted by atomic mass is 9.71. The molecule has 3 nitrogen and oxygen atoms in total. The predicted octanol–water partition coefficient (Wildman–Crippen LogP) is 1.46. The van der Waals surface area contributed by atoms with Gasteiger partial charge in [0, 0.05) is 6.42 Å². The molecule has 0 aromatic rings. The summed E-state index contributed by atoms with van der Waals surface area (Å²) in [4.78, 5) is 0. The van der Waals surface area contributed by atoms with Crippen molar-refractivity contribution in [1.29, 1.82) is 5.26 Å². The van der Waals surface area contributed by atoms with Crippen LogP contribution in [0.4, 0.5) is 0 Å². The van der Waals surface area contributed by atoms with Gasteiger partial charge in [-0.1, -0.05) is 0 Å². The first kappa shape index (κ1) is 10.5. The van der Waals surface area contributed by atoms with Gasteiger partial charge in [0.05, 0.1) is 23.7 Å². The average Bonchev–Trinajstić information content (AvgIpc) is 2.27.